The number of aryl methyl sites for hydroxylation is 1. The number of nitrogen functional groups attached to an aromatic ring is 1. The Morgan fingerprint density at radius 2 is 2.29 bits per heavy atom. The monoisotopic (exact) mass is 196 g/mol. The summed E-state index contributed by atoms with van der Waals surface area (Å²) in [7, 11) is 0. The predicted molar refractivity (Wildman–Crippen MR) is 50.9 cm³/mol. The Balaban J connectivity index is 2.71. The van der Waals surface area contributed by atoms with Crippen molar-refractivity contribution in [2.24, 2.45) is 0 Å². The molecule has 4 nitrogen and oxygen atoms in total. The van der Waals surface area contributed by atoms with Crippen LogP contribution in [0, 0.1) is 0 Å². The van der Waals surface area contributed by atoms with E-state index < -0.39 is 12.4 Å². The molecule has 1 heterocycles. The van der Waals surface area contributed by atoms with Gasteiger partial charge in [0.2, 0.25) is 0 Å². The number of halogens is 1. The van der Waals surface area contributed by atoms with Crippen LogP contribution in [0.15, 0.2) is 27.4 Å². The standard InChI is InChI=1S/C9H9FN2O2/c10-3-4-12-7-2-1-6(11)5-8(7)14-9(12)13/h1-2,5H,3-4,11H2. The van der Waals surface area contributed by atoms with Gasteiger partial charge in [0.15, 0.2) is 5.58 Å². The van der Waals surface area contributed by atoms with Gasteiger partial charge in [-0.25, -0.2) is 9.18 Å². The van der Waals surface area contributed by atoms with E-state index in [1.807, 2.05) is 0 Å². The number of nitrogens with zero attached hydrogens (tertiary/aromatic N) is 1. The van der Waals surface area contributed by atoms with Crippen molar-refractivity contribution in [1.82, 2.24) is 4.57 Å². The molecule has 2 N–H and O–H groups in total. The molecular weight excluding hydrogens is 187 g/mol. The first-order valence-electron chi connectivity index (χ1n) is 4.17. The first-order chi connectivity index (χ1) is 6.72. The number of aromatic nitrogens is 1. The van der Waals surface area contributed by atoms with E-state index in [0.29, 0.717) is 16.8 Å². The molecule has 2 rings (SSSR count). The van der Waals surface area contributed by atoms with E-state index in [2.05, 4.69) is 0 Å². The molecule has 1 aromatic carbocycles. The van der Waals surface area contributed by atoms with Gasteiger partial charge in [-0.15, -0.1) is 0 Å². The van der Waals surface area contributed by atoms with Crippen molar-refractivity contribution in [2.45, 2.75) is 6.54 Å². The van der Waals surface area contributed by atoms with Crippen molar-refractivity contribution in [3.05, 3.63) is 28.7 Å². The van der Waals surface area contributed by atoms with E-state index in [4.69, 9.17) is 10.2 Å². The zero-order valence-corrected chi connectivity index (χ0v) is 7.37. The van der Waals surface area contributed by atoms with Gasteiger partial charge in [0.1, 0.15) is 6.67 Å². The van der Waals surface area contributed by atoms with Crippen molar-refractivity contribution in [2.75, 3.05) is 12.4 Å². The molecule has 0 fully saturated rings. The Hall–Kier alpha value is -1.78. The average Bonchev–Trinajstić information content (AvgIpc) is 2.43. The van der Waals surface area contributed by atoms with E-state index in [1.54, 1.807) is 18.2 Å². The highest BCUT2D eigenvalue weighted by atomic mass is 19.1. The zero-order valence-electron chi connectivity index (χ0n) is 7.37. The van der Waals surface area contributed by atoms with Crippen molar-refractivity contribution in [1.29, 1.82) is 0 Å². The lowest BCUT2D eigenvalue weighted by molar-refractivity contribution is 0.422. The Bertz CT molecular complexity index is 515. The molecule has 0 bridgehead atoms. The molecule has 1 aromatic heterocycles. The maximum absolute atomic E-state index is 12.1. The summed E-state index contributed by atoms with van der Waals surface area (Å²) in [5.41, 5.74) is 6.99. The van der Waals surface area contributed by atoms with Crippen LogP contribution in [0.4, 0.5) is 10.1 Å². The highest BCUT2D eigenvalue weighted by molar-refractivity contribution is 5.76. The summed E-state index contributed by atoms with van der Waals surface area (Å²) < 4.78 is 18.3. The lowest BCUT2D eigenvalue weighted by Crippen LogP contribution is -2.14. The lowest BCUT2D eigenvalue weighted by atomic mass is 10.3. The smallest absolute Gasteiger partial charge is 0.408 e. The highest BCUT2D eigenvalue weighted by Gasteiger charge is 2.08. The van der Waals surface area contributed by atoms with Gasteiger partial charge in [-0.2, -0.15) is 0 Å². The van der Waals surface area contributed by atoms with Gasteiger partial charge < -0.3 is 10.2 Å². The first kappa shape index (κ1) is 8.80. The van der Waals surface area contributed by atoms with Crippen molar-refractivity contribution < 1.29 is 8.81 Å². The van der Waals surface area contributed by atoms with Gasteiger partial charge in [-0.1, -0.05) is 0 Å². The Kier molecular flexibility index (Phi) is 1.99. The summed E-state index contributed by atoms with van der Waals surface area (Å²) in [4.78, 5) is 11.2. The van der Waals surface area contributed by atoms with Crippen LogP contribution in [-0.4, -0.2) is 11.2 Å². The third kappa shape index (κ3) is 1.26. The van der Waals surface area contributed by atoms with Crippen LogP contribution in [0.2, 0.25) is 0 Å². The van der Waals surface area contributed by atoms with Gasteiger partial charge in [-0.05, 0) is 12.1 Å². The van der Waals surface area contributed by atoms with Crippen molar-refractivity contribution in [3.8, 4) is 0 Å². The largest absolute Gasteiger partial charge is 0.420 e. The van der Waals surface area contributed by atoms with Crippen LogP contribution in [0.25, 0.3) is 11.1 Å². The molecule has 0 radical (unpaired) electrons. The molecule has 74 valence electrons. The minimum Gasteiger partial charge on any atom is -0.408 e. The molecular formula is C9H9FN2O2. The molecule has 14 heavy (non-hydrogen) atoms. The van der Waals surface area contributed by atoms with Crippen LogP contribution in [-0.2, 0) is 6.54 Å². The second-order valence-electron chi connectivity index (χ2n) is 2.94. The maximum Gasteiger partial charge on any atom is 0.420 e. The van der Waals surface area contributed by atoms with E-state index in [9.17, 15) is 9.18 Å². The van der Waals surface area contributed by atoms with E-state index in [-0.39, 0.29) is 6.54 Å². The maximum atomic E-state index is 12.1. The highest BCUT2D eigenvalue weighted by Crippen LogP contribution is 2.15. The number of alkyl halides is 1. The van der Waals surface area contributed by atoms with Crippen molar-refractivity contribution in [3.63, 3.8) is 0 Å². The summed E-state index contributed by atoms with van der Waals surface area (Å²) in [6.45, 7) is -0.589. The van der Waals surface area contributed by atoms with Gasteiger partial charge in [-0.3, -0.25) is 4.57 Å². The van der Waals surface area contributed by atoms with E-state index >= 15 is 0 Å². The van der Waals surface area contributed by atoms with E-state index in [0.717, 1.165) is 0 Å². The Labute approximate surface area is 78.7 Å². The Morgan fingerprint density at radius 1 is 1.50 bits per heavy atom. The van der Waals surface area contributed by atoms with Gasteiger partial charge in [0, 0.05) is 11.8 Å². The van der Waals surface area contributed by atoms with Gasteiger partial charge in [0.25, 0.3) is 0 Å². The van der Waals surface area contributed by atoms with Gasteiger partial charge >= 0.3 is 5.76 Å². The fourth-order valence-corrected chi connectivity index (χ4v) is 1.38. The molecule has 0 saturated carbocycles. The van der Waals surface area contributed by atoms with Crippen LogP contribution in [0.5, 0.6) is 0 Å². The molecule has 0 aliphatic heterocycles. The second-order valence-corrected chi connectivity index (χ2v) is 2.94. The van der Waals surface area contributed by atoms with E-state index in [1.165, 1.54) is 4.57 Å². The molecule has 0 saturated heterocycles. The van der Waals surface area contributed by atoms with Crippen LogP contribution in [0.1, 0.15) is 0 Å². The average molecular weight is 196 g/mol. The molecule has 2 aromatic rings. The normalized spacial score (nSPS) is 10.9. The SMILES string of the molecule is Nc1ccc2c(c1)oc(=O)n2CCF. The molecule has 0 atom stereocenters. The zero-order chi connectivity index (χ0) is 10.1. The Morgan fingerprint density at radius 3 is 3.00 bits per heavy atom. The van der Waals surface area contributed by atoms with Crippen LogP contribution < -0.4 is 11.5 Å². The minimum absolute atomic E-state index is 0.00967. The minimum atomic E-state index is -0.598. The number of benzene rings is 1. The second kappa shape index (κ2) is 3.17. The summed E-state index contributed by atoms with van der Waals surface area (Å²) in [5, 5.41) is 0. The summed E-state index contributed by atoms with van der Waals surface area (Å²) in [6.07, 6.45) is 0. The number of hydrogen-bond acceptors (Lipinski definition) is 3. The molecule has 0 unspecified atom stereocenters. The third-order valence-corrected chi connectivity index (χ3v) is 2.00. The molecule has 0 amide bonds. The number of rotatable bonds is 2. The molecule has 5 heteroatoms. The number of fused-ring (bicyclic) bond motifs is 1. The van der Waals surface area contributed by atoms with Crippen molar-refractivity contribution >= 4 is 16.8 Å². The fraction of sp³-hybridized carbons (Fsp3) is 0.222. The van der Waals surface area contributed by atoms with Gasteiger partial charge in [0.05, 0.1) is 12.1 Å². The number of hydrogen-bond donors (Lipinski definition) is 1. The summed E-state index contributed by atoms with van der Waals surface area (Å²) in [5.74, 6) is -0.553. The molecule has 0 spiro atoms. The first-order valence-corrected chi connectivity index (χ1v) is 4.17. The summed E-state index contributed by atoms with van der Waals surface area (Å²) >= 11 is 0. The summed E-state index contributed by atoms with van der Waals surface area (Å²) in [6, 6.07) is 4.84. The number of oxazole rings is 1. The topological polar surface area (TPSA) is 61.2 Å². The predicted octanol–water partition coefficient (Wildman–Crippen LogP) is 1.15. The van der Waals surface area contributed by atoms with Crippen LogP contribution >= 0.6 is 0 Å². The molecule has 0 aliphatic rings. The van der Waals surface area contributed by atoms with Crippen LogP contribution in [0.3, 0.4) is 0 Å². The number of nitrogens with two attached hydrogens (primary N) is 1. The number of anilines is 1. The quantitative estimate of drug-likeness (QED) is 0.733. The third-order valence-electron chi connectivity index (χ3n) is 2.00. The fourth-order valence-electron chi connectivity index (χ4n) is 1.38. The lowest BCUT2D eigenvalue weighted by Gasteiger charge is -1.96. The molecule has 0 aliphatic carbocycles.